The van der Waals surface area contributed by atoms with Crippen LogP contribution in [0, 0.1) is 3.70 Å². The van der Waals surface area contributed by atoms with Crippen molar-refractivity contribution in [2.75, 3.05) is 5.73 Å². The number of nitrogens with two attached hydrogens (primary N) is 1. The van der Waals surface area contributed by atoms with Crippen LogP contribution < -0.4 is 10.5 Å². The number of carbonyl (C=O) groups is 1. The van der Waals surface area contributed by atoms with Crippen molar-refractivity contribution in [2.24, 2.45) is 0 Å². The maximum atomic E-state index is 11.9. The van der Waals surface area contributed by atoms with E-state index in [4.69, 9.17) is 17.3 Å². The van der Waals surface area contributed by atoms with Crippen LogP contribution in [-0.4, -0.2) is 16.6 Å². The largest absolute Gasteiger partial charge is 0.573 e. The van der Waals surface area contributed by atoms with E-state index in [2.05, 4.69) is 9.72 Å². The number of nitrogen functional groups attached to an aromatic ring is 1. The molecule has 1 heterocycles. The standard InChI is InChI=1S/C7H3ClF3IN2O2/c8-5(15)3-4(13)2(1-14-6(3)12)16-7(9,10)11/h1H,(H2,13,14). The third kappa shape index (κ3) is 3.11. The zero-order valence-electron chi connectivity index (χ0n) is 7.31. The Kier molecular flexibility index (Phi) is 3.84. The molecule has 1 aromatic heterocycles. The van der Waals surface area contributed by atoms with Crippen LogP contribution in [0.2, 0.25) is 0 Å². The fourth-order valence-corrected chi connectivity index (χ4v) is 1.90. The number of halogens is 5. The first-order chi connectivity index (χ1) is 7.22. The summed E-state index contributed by atoms with van der Waals surface area (Å²) in [4.78, 5) is 14.4. The highest BCUT2D eigenvalue weighted by atomic mass is 127. The number of pyridine rings is 1. The fraction of sp³-hybridized carbons (Fsp3) is 0.143. The molecular weight excluding hydrogens is 363 g/mol. The summed E-state index contributed by atoms with van der Waals surface area (Å²) in [6.45, 7) is 0. The minimum absolute atomic E-state index is 0.102. The molecule has 0 fully saturated rings. The lowest BCUT2D eigenvalue weighted by Gasteiger charge is -2.12. The predicted octanol–water partition coefficient (Wildman–Crippen LogP) is 2.55. The Balaban J connectivity index is 3.24. The third-order valence-corrected chi connectivity index (χ3v) is 2.47. The Morgan fingerprint density at radius 3 is 2.56 bits per heavy atom. The van der Waals surface area contributed by atoms with Crippen LogP contribution in [0.3, 0.4) is 0 Å². The second-order valence-corrected chi connectivity index (χ2v) is 3.89. The normalized spacial score (nSPS) is 11.3. The average molecular weight is 366 g/mol. The number of aromatic nitrogens is 1. The molecule has 0 atom stereocenters. The topological polar surface area (TPSA) is 65.2 Å². The van der Waals surface area contributed by atoms with E-state index in [9.17, 15) is 18.0 Å². The summed E-state index contributed by atoms with van der Waals surface area (Å²) >= 11 is 6.78. The number of anilines is 1. The van der Waals surface area contributed by atoms with Crippen LogP contribution in [0.25, 0.3) is 0 Å². The van der Waals surface area contributed by atoms with Crippen LogP contribution in [0.1, 0.15) is 10.4 Å². The molecule has 0 aliphatic heterocycles. The predicted molar refractivity (Wildman–Crippen MR) is 58.2 cm³/mol. The monoisotopic (exact) mass is 366 g/mol. The van der Waals surface area contributed by atoms with E-state index in [1.165, 1.54) is 0 Å². The summed E-state index contributed by atoms with van der Waals surface area (Å²) < 4.78 is 39.5. The van der Waals surface area contributed by atoms with Crippen LogP contribution >= 0.6 is 34.2 Å². The summed E-state index contributed by atoms with van der Waals surface area (Å²) in [7, 11) is 0. The molecule has 0 aliphatic rings. The van der Waals surface area contributed by atoms with Crippen molar-refractivity contribution in [1.29, 1.82) is 0 Å². The first-order valence-electron chi connectivity index (χ1n) is 3.62. The van der Waals surface area contributed by atoms with Gasteiger partial charge in [-0.05, 0) is 34.2 Å². The lowest BCUT2D eigenvalue weighted by Crippen LogP contribution is -2.19. The van der Waals surface area contributed by atoms with Crippen LogP contribution in [-0.2, 0) is 0 Å². The maximum Gasteiger partial charge on any atom is 0.573 e. The molecule has 0 saturated heterocycles. The summed E-state index contributed by atoms with van der Waals surface area (Å²) in [6, 6.07) is 0. The average Bonchev–Trinajstić information content (AvgIpc) is 2.07. The van der Waals surface area contributed by atoms with Crippen molar-refractivity contribution in [3.8, 4) is 5.75 Å². The molecule has 0 bridgehead atoms. The Labute approximate surface area is 106 Å². The van der Waals surface area contributed by atoms with Gasteiger partial charge in [-0.2, -0.15) is 0 Å². The van der Waals surface area contributed by atoms with E-state index in [1.807, 2.05) is 0 Å². The van der Waals surface area contributed by atoms with Crippen molar-refractivity contribution in [2.45, 2.75) is 6.36 Å². The van der Waals surface area contributed by atoms with Gasteiger partial charge in [0.15, 0.2) is 5.75 Å². The third-order valence-electron chi connectivity index (χ3n) is 1.46. The van der Waals surface area contributed by atoms with Crippen molar-refractivity contribution in [1.82, 2.24) is 4.98 Å². The Morgan fingerprint density at radius 2 is 2.12 bits per heavy atom. The van der Waals surface area contributed by atoms with Gasteiger partial charge in [-0.15, -0.1) is 13.2 Å². The van der Waals surface area contributed by atoms with Crippen molar-refractivity contribution >= 4 is 45.1 Å². The van der Waals surface area contributed by atoms with E-state index in [-0.39, 0.29) is 9.26 Å². The molecular formula is C7H3ClF3IN2O2. The second-order valence-electron chi connectivity index (χ2n) is 2.52. The van der Waals surface area contributed by atoms with Gasteiger partial charge in [-0.3, -0.25) is 4.79 Å². The van der Waals surface area contributed by atoms with Crippen molar-refractivity contribution < 1.29 is 22.7 Å². The van der Waals surface area contributed by atoms with Gasteiger partial charge in [0.1, 0.15) is 3.70 Å². The van der Waals surface area contributed by atoms with Crippen molar-refractivity contribution in [3.05, 3.63) is 15.5 Å². The summed E-state index contributed by atoms with van der Waals surface area (Å²) in [6.07, 6.45) is -4.14. The first kappa shape index (κ1) is 13.3. The summed E-state index contributed by atoms with van der Waals surface area (Å²) in [5.41, 5.74) is 4.53. The first-order valence-corrected chi connectivity index (χ1v) is 5.07. The van der Waals surface area contributed by atoms with Gasteiger partial charge in [0.2, 0.25) is 0 Å². The molecule has 0 unspecified atom stereocenters. The number of nitrogens with zero attached hydrogens (tertiary/aromatic N) is 1. The highest BCUT2D eigenvalue weighted by molar-refractivity contribution is 14.1. The van der Waals surface area contributed by atoms with Gasteiger partial charge in [0.05, 0.1) is 17.4 Å². The minimum Gasteiger partial charge on any atom is -0.402 e. The number of carbonyl (C=O) groups excluding carboxylic acids is 1. The summed E-state index contributed by atoms with van der Waals surface area (Å²) in [5, 5.41) is -0.998. The molecule has 9 heteroatoms. The number of hydrogen-bond acceptors (Lipinski definition) is 4. The van der Waals surface area contributed by atoms with Crippen LogP contribution in [0.5, 0.6) is 5.75 Å². The zero-order chi connectivity index (χ0) is 12.5. The smallest absolute Gasteiger partial charge is 0.402 e. The van der Waals surface area contributed by atoms with E-state index >= 15 is 0 Å². The maximum absolute atomic E-state index is 11.9. The SMILES string of the molecule is Nc1c(OC(F)(F)F)cnc(I)c1C(=O)Cl. The fourth-order valence-electron chi connectivity index (χ4n) is 0.877. The number of hydrogen-bond donors (Lipinski definition) is 1. The molecule has 0 aromatic carbocycles. The number of alkyl halides is 3. The van der Waals surface area contributed by atoms with Gasteiger partial charge in [-0.1, -0.05) is 0 Å². The molecule has 0 amide bonds. The van der Waals surface area contributed by atoms with Gasteiger partial charge < -0.3 is 10.5 Å². The Bertz CT molecular complexity index is 438. The summed E-state index contributed by atoms with van der Waals surface area (Å²) in [5.74, 6) is -0.753. The molecule has 88 valence electrons. The quantitative estimate of drug-likeness (QED) is 0.496. The molecule has 0 aliphatic carbocycles. The highest BCUT2D eigenvalue weighted by Gasteiger charge is 2.33. The molecule has 0 radical (unpaired) electrons. The minimum atomic E-state index is -4.91. The van der Waals surface area contributed by atoms with Gasteiger partial charge in [0, 0.05) is 0 Å². The lowest BCUT2D eigenvalue weighted by atomic mass is 10.2. The van der Waals surface area contributed by atoms with E-state index in [1.54, 1.807) is 22.6 Å². The van der Waals surface area contributed by atoms with Crippen LogP contribution in [0.15, 0.2) is 6.20 Å². The molecule has 4 nitrogen and oxygen atoms in total. The molecule has 0 spiro atoms. The molecule has 1 aromatic rings. The molecule has 0 saturated carbocycles. The Morgan fingerprint density at radius 1 is 1.56 bits per heavy atom. The van der Waals surface area contributed by atoms with Crippen molar-refractivity contribution in [3.63, 3.8) is 0 Å². The molecule has 16 heavy (non-hydrogen) atoms. The zero-order valence-corrected chi connectivity index (χ0v) is 10.2. The Hall–Kier alpha value is -0.770. The highest BCUT2D eigenvalue weighted by Crippen LogP contribution is 2.32. The molecule has 2 N–H and O–H groups in total. The van der Waals surface area contributed by atoms with Gasteiger partial charge in [0.25, 0.3) is 5.24 Å². The molecule has 1 rings (SSSR count). The number of rotatable bonds is 2. The number of ether oxygens (including phenoxy) is 1. The van der Waals surface area contributed by atoms with E-state index in [0.717, 1.165) is 6.20 Å². The van der Waals surface area contributed by atoms with Gasteiger partial charge >= 0.3 is 6.36 Å². The van der Waals surface area contributed by atoms with Gasteiger partial charge in [-0.25, -0.2) is 4.98 Å². The lowest BCUT2D eigenvalue weighted by molar-refractivity contribution is -0.274. The second kappa shape index (κ2) is 4.62. The van der Waals surface area contributed by atoms with Crippen LogP contribution in [0.4, 0.5) is 18.9 Å². The van der Waals surface area contributed by atoms with E-state index in [0.29, 0.717) is 0 Å². The van der Waals surface area contributed by atoms with E-state index < -0.39 is 23.0 Å².